The predicted octanol–water partition coefficient (Wildman–Crippen LogP) is 9.99. The first-order valence-electron chi connectivity index (χ1n) is 12.7. The molecule has 2 unspecified atom stereocenters. The Morgan fingerprint density at radius 3 is 2.31 bits per heavy atom. The van der Waals surface area contributed by atoms with Crippen molar-refractivity contribution in [2.75, 3.05) is 12.4 Å². The Bertz CT molecular complexity index is 1170. The molecule has 1 fully saturated rings. The molecule has 0 aromatic heterocycles. The summed E-state index contributed by atoms with van der Waals surface area (Å²) in [7, 11) is 0. The summed E-state index contributed by atoms with van der Waals surface area (Å²) in [6, 6.07) is 14.5. The predicted molar refractivity (Wildman–Crippen MR) is 152 cm³/mol. The largest absolute Gasteiger partial charge is 0.490 e. The quantitative estimate of drug-likeness (QED) is 0.173. The van der Waals surface area contributed by atoms with E-state index < -0.39 is 11.6 Å². The zero-order valence-corrected chi connectivity index (χ0v) is 23.7. The first-order valence-corrected chi connectivity index (χ1v) is 14.8. The van der Waals surface area contributed by atoms with Gasteiger partial charge in [-0.3, -0.25) is 0 Å². The highest BCUT2D eigenvalue weighted by atomic mass is 127. The monoisotopic (exact) mass is 624 g/mol. The normalized spacial score (nSPS) is 17.8. The topological polar surface area (TPSA) is 9.23 Å². The van der Waals surface area contributed by atoms with E-state index in [9.17, 15) is 8.78 Å². The van der Waals surface area contributed by atoms with E-state index in [-0.39, 0.29) is 22.5 Å². The fourth-order valence-corrected chi connectivity index (χ4v) is 7.22. The molecule has 0 amide bonds. The van der Waals surface area contributed by atoms with E-state index in [0.717, 1.165) is 49.7 Å². The molecule has 0 N–H and O–H groups in total. The second-order valence-corrected chi connectivity index (χ2v) is 11.8. The summed E-state index contributed by atoms with van der Waals surface area (Å²) in [6.45, 7) is 4.64. The van der Waals surface area contributed by atoms with Gasteiger partial charge in [0.2, 0.25) is 0 Å². The van der Waals surface area contributed by atoms with Gasteiger partial charge in [-0.05, 0) is 77.5 Å². The van der Waals surface area contributed by atoms with Crippen molar-refractivity contribution in [2.45, 2.75) is 63.5 Å². The number of benzene rings is 3. The maximum Gasteiger partial charge on any atom is 0.178 e. The maximum absolute atomic E-state index is 15.1. The Morgan fingerprint density at radius 1 is 0.861 bits per heavy atom. The first-order chi connectivity index (χ1) is 17.4. The van der Waals surface area contributed by atoms with Gasteiger partial charge >= 0.3 is 0 Å². The molecule has 3 aromatic rings. The minimum Gasteiger partial charge on any atom is -0.490 e. The number of rotatable bonds is 9. The maximum atomic E-state index is 15.1. The lowest BCUT2D eigenvalue weighted by atomic mass is 9.91. The highest BCUT2D eigenvalue weighted by molar-refractivity contribution is 14.1. The van der Waals surface area contributed by atoms with Gasteiger partial charge in [0, 0.05) is 16.6 Å². The summed E-state index contributed by atoms with van der Waals surface area (Å²) in [4.78, 5) is 0. The molecule has 1 aliphatic rings. The van der Waals surface area contributed by atoms with Crippen LogP contribution in [0.5, 0.6) is 5.75 Å². The number of unbranched alkanes of at least 4 members (excludes halogenated alkanes) is 3. The van der Waals surface area contributed by atoms with Crippen molar-refractivity contribution in [3.63, 3.8) is 0 Å². The molecule has 0 spiro atoms. The minimum absolute atomic E-state index is 0.0685. The lowest BCUT2D eigenvalue weighted by Gasteiger charge is -2.30. The smallest absolute Gasteiger partial charge is 0.178 e. The molecular formula is C30H32F3IOS. The Kier molecular flexibility index (Phi) is 9.67. The van der Waals surface area contributed by atoms with Crippen molar-refractivity contribution in [1.82, 2.24) is 0 Å². The van der Waals surface area contributed by atoms with Crippen molar-refractivity contribution in [1.29, 1.82) is 0 Å². The minimum atomic E-state index is -0.787. The summed E-state index contributed by atoms with van der Waals surface area (Å²) in [5.74, 6) is -0.932. The molecule has 0 bridgehead atoms. The van der Waals surface area contributed by atoms with Crippen LogP contribution in [0, 0.1) is 27.9 Å². The first kappa shape index (κ1) is 27.4. The average Bonchev–Trinajstić information content (AvgIpc) is 2.89. The SMILES string of the molecule is CCCCCCOc1ccc(C2CCC(c3ccc(-c4ccc(C)cc4)c(F)c3F)CS2)c(I)c1F. The Labute approximate surface area is 230 Å². The second-order valence-electron chi connectivity index (χ2n) is 9.48. The average molecular weight is 625 g/mol. The van der Waals surface area contributed by atoms with Crippen molar-refractivity contribution in [3.8, 4) is 16.9 Å². The van der Waals surface area contributed by atoms with Gasteiger partial charge in [0.25, 0.3) is 0 Å². The van der Waals surface area contributed by atoms with Crippen LogP contribution in [-0.4, -0.2) is 12.4 Å². The van der Waals surface area contributed by atoms with Crippen molar-refractivity contribution in [2.24, 2.45) is 0 Å². The number of ether oxygens (including phenoxy) is 1. The zero-order valence-electron chi connectivity index (χ0n) is 20.8. The van der Waals surface area contributed by atoms with Crippen LogP contribution in [0.1, 0.15) is 73.3 Å². The Hall–Kier alpha value is -1.67. The summed E-state index contributed by atoms with van der Waals surface area (Å²) >= 11 is 3.76. The third-order valence-electron chi connectivity index (χ3n) is 6.87. The summed E-state index contributed by atoms with van der Waals surface area (Å²) in [5.41, 5.74) is 3.42. The summed E-state index contributed by atoms with van der Waals surface area (Å²) in [5, 5.41) is 0.126. The van der Waals surface area contributed by atoms with Crippen LogP contribution < -0.4 is 4.74 Å². The fourth-order valence-electron chi connectivity index (χ4n) is 4.70. The molecule has 0 radical (unpaired) electrons. The van der Waals surface area contributed by atoms with Crippen LogP contribution in [0.25, 0.3) is 11.1 Å². The van der Waals surface area contributed by atoms with Crippen LogP contribution in [0.2, 0.25) is 0 Å². The van der Waals surface area contributed by atoms with Gasteiger partial charge in [-0.25, -0.2) is 13.2 Å². The highest BCUT2D eigenvalue weighted by Gasteiger charge is 2.29. The van der Waals surface area contributed by atoms with Crippen LogP contribution in [0.3, 0.4) is 0 Å². The van der Waals surface area contributed by atoms with Gasteiger partial charge in [0.1, 0.15) is 0 Å². The molecule has 6 heteroatoms. The molecule has 1 nitrogen and oxygen atoms in total. The number of hydrogen-bond acceptors (Lipinski definition) is 2. The molecule has 1 saturated heterocycles. The van der Waals surface area contributed by atoms with E-state index in [1.54, 1.807) is 30.0 Å². The van der Waals surface area contributed by atoms with Crippen LogP contribution in [0.15, 0.2) is 48.5 Å². The lowest BCUT2D eigenvalue weighted by molar-refractivity contribution is 0.289. The van der Waals surface area contributed by atoms with E-state index >= 15 is 4.39 Å². The Balaban J connectivity index is 1.41. The lowest BCUT2D eigenvalue weighted by Crippen LogP contribution is -2.15. The fraction of sp³-hybridized carbons (Fsp3) is 0.400. The van der Waals surface area contributed by atoms with E-state index in [1.165, 1.54) is 0 Å². The number of halogens is 4. The molecule has 0 saturated carbocycles. The number of hydrogen-bond donors (Lipinski definition) is 0. The highest BCUT2D eigenvalue weighted by Crippen LogP contribution is 2.47. The van der Waals surface area contributed by atoms with Crippen molar-refractivity contribution >= 4 is 34.4 Å². The van der Waals surface area contributed by atoms with E-state index in [1.807, 2.05) is 37.3 Å². The summed E-state index contributed by atoms with van der Waals surface area (Å²) < 4.78 is 51.4. The third kappa shape index (κ3) is 6.24. The van der Waals surface area contributed by atoms with Crippen LogP contribution >= 0.6 is 34.4 Å². The van der Waals surface area contributed by atoms with Gasteiger partial charge in [-0.15, -0.1) is 0 Å². The third-order valence-corrected chi connectivity index (χ3v) is 9.45. The van der Waals surface area contributed by atoms with Crippen molar-refractivity contribution in [3.05, 3.63) is 86.2 Å². The molecule has 192 valence electrons. The van der Waals surface area contributed by atoms with Gasteiger partial charge < -0.3 is 4.74 Å². The van der Waals surface area contributed by atoms with Gasteiger partial charge in [0.05, 0.1) is 10.2 Å². The van der Waals surface area contributed by atoms with Crippen LogP contribution in [0.4, 0.5) is 13.2 Å². The molecule has 2 atom stereocenters. The molecule has 0 aliphatic carbocycles. The van der Waals surface area contributed by atoms with E-state index in [0.29, 0.717) is 32.8 Å². The van der Waals surface area contributed by atoms with E-state index in [2.05, 4.69) is 29.5 Å². The van der Waals surface area contributed by atoms with E-state index in [4.69, 9.17) is 4.74 Å². The molecule has 1 heterocycles. The standard InChI is InChI=1S/C30H32F3IOS/c1-3-4-5-6-17-35-25-15-14-24(30(34)29(25)33)26-16-11-21(18-36-26)23-13-12-22(27(31)28(23)32)20-9-7-19(2)8-10-20/h7-10,12-15,21,26H,3-6,11,16-18H2,1-2H3. The molecule has 4 rings (SSSR count). The van der Waals surface area contributed by atoms with Gasteiger partial charge in [-0.1, -0.05) is 74.2 Å². The van der Waals surface area contributed by atoms with Gasteiger partial charge in [-0.2, -0.15) is 11.8 Å². The second kappa shape index (κ2) is 12.7. The number of aryl methyl sites for hydroxylation is 1. The summed E-state index contributed by atoms with van der Waals surface area (Å²) in [6.07, 6.45) is 5.84. The van der Waals surface area contributed by atoms with Gasteiger partial charge in [0.15, 0.2) is 23.2 Å². The molecular weight excluding hydrogens is 592 g/mol. The Morgan fingerprint density at radius 2 is 1.61 bits per heavy atom. The van der Waals surface area contributed by atoms with Crippen LogP contribution in [-0.2, 0) is 0 Å². The number of thioether (sulfide) groups is 1. The molecule has 1 aliphatic heterocycles. The zero-order chi connectivity index (χ0) is 25.7. The molecule has 36 heavy (non-hydrogen) atoms. The molecule has 3 aromatic carbocycles. The van der Waals surface area contributed by atoms with Crippen molar-refractivity contribution < 1.29 is 17.9 Å².